The van der Waals surface area contributed by atoms with E-state index in [-0.39, 0.29) is 0 Å². The Balaban J connectivity index is 0.000000146. The topological polar surface area (TPSA) is 65.2 Å². The molecule has 0 atom stereocenters. The number of piperazine rings is 2. The zero-order chi connectivity index (χ0) is 10.1. The molecule has 80 valence electrons. The van der Waals surface area contributed by atoms with Crippen molar-refractivity contribution in [2.45, 2.75) is 0 Å². The van der Waals surface area contributed by atoms with Crippen molar-refractivity contribution in [3.05, 3.63) is 5.70 Å². The molecule has 0 spiro atoms. The van der Waals surface area contributed by atoms with Crippen molar-refractivity contribution >= 4 is 5.94 Å². The number of carbonyl (C=O) groups excluding carboxylic acids is 1. The van der Waals surface area contributed by atoms with E-state index in [9.17, 15) is 4.79 Å². The van der Waals surface area contributed by atoms with Gasteiger partial charge in [0.15, 0.2) is 0 Å². The van der Waals surface area contributed by atoms with E-state index in [4.69, 9.17) is 0 Å². The van der Waals surface area contributed by atoms with Crippen LogP contribution in [0.5, 0.6) is 0 Å². The molecule has 0 radical (unpaired) electrons. The third-order valence-corrected chi connectivity index (χ3v) is 2.02. The largest absolute Gasteiger partial charge is 0.377 e. The molecular formula is C9H18N4O. The molecule has 0 amide bonds. The molecule has 0 aromatic heterocycles. The summed E-state index contributed by atoms with van der Waals surface area (Å²) in [6, 6.07) is 0. The number of rotatable bonds is 0. The zero-order valence-electron chi connectivity index (χ0n) is 8.36. The summed E-state index contributed by atoms with van der Waals surface area (Å²) in [6.07, 6.45) is 0. The summed E-state index contributed by atoms with van der Waals surface area (Å²) < 4.78 is 0. The van der Waals surface area contributed by atoms with Gasteiger partial charge in [-0.05, 0) is 0 Å². The number of hydrogen-bond donors (Lipinski definition) is 4. The molecule has 0 saturated carbocycles. The lowest BCUT2D eigenvalue weighted by Crippen LogP contribution is -2.39. The Labute approximate surface area is 84.3 Å². The van der Waals surface area contributed by atoms with Gasteiger partial charge in [0.1, 0.15) is 11.6 Å². The molecule has 5 nitrogen and oxygen atoms in total. The molecule has 0 unspecified atom stereocenters. The van der Waals surface area contributed by atoms with Crippen molar-refractivity contribution in [3.63, 3.8) is 0 Å². The molecule has 2 saturated heterocycles. The number of hydrogen-bond acceptors (Lipinski definition) is 5. The summed E-state index contributed by atoms with van der Waals surface area (Å²) in [7, 11) is 0. The third kappa shape index (κ3) is 4.99. The van der Waals surface area contributed by atoms with Gasteiger partial charge in [-0.15, -0.1) is 0 Å². The highest BCUT2D eigenvalue weighted by molar-refractivity contribution is 5.52. The van der Waals surface area contributed by atoms with E-state index in [1.54, 1.807) is 5.94 Å². The van der Waals surface area contributed by atoms with Crippen molar-refractivity contribution in [1.82, 2.24) is 21.3 Å². The zero-order valence-corrected chi connectivity index (χ0v) is 8.36. The predicted octanol–water partition coefficient (Wildman–Crippen LogP) is -1.93. The van der Waals surface area contributed by atoms with E-state index < -0.39 is 0 Å². The average molecular weight is 198 g/mol. The molecule has 2 aliphatic heterocycles. The average Bonchev–Trinajstić information content (AvgIpc) is 2.33. The van der Waals surface area contributed by atoms with Crippen LogP contribution in [0.3, 0.4) is 0 Å². The quantitative estimate of drug-likeness (QED) is 0.342. The molecule has 0 aromatic rings. The van der Waals surface area contributed by atoms with Crippen LogP contribution in [-0.2, 0) is 4.79 Å². The van der Waals surface area contributed by atoms with Crippen molar-refractivity contribution in [2.75, 3.05) is 45.8 Å². The molecule has 2 rings (SSSR count). The fraction of sp³-hybridized carbons (Fsp3) is 0.778. The lowest BCUT2D eigenvalue weighted by Gasteiger charge is -2.13. The smallest absolute Gasteiger partial charge is 0.146 e. The second-order valence-electron chi connectivity index (χ2n) is 3.18. The van der Waals surface area contributed by atoms with Crippen LogP contribution < -0.4 is 21.3 Å². The molecule has 0 bridgehead atoms. The molecular weight excluding hydrogens is 180 g/mol. The maximum Gasteiger partial charge on any atom is 0.146 e. The van der Waals surface area contributed by atoms with Gasteiger partial charge in [0.05, 0.1) is 0 Å². The van der Waals surface area contributed by atoms with E-state index in [1.807, 2.05) is 0 Å². The first kappa shape index (κ1) is 11.2. The summed E-state index contributed by atoms with van der Waals surface area (Å²) in [5.41, 5.74) is 0.635. The summed E-state index contributed by atoms with van der Waals surface area (Å²) in [4.78, 5) is 9.90. The fourth-order valence-electron chi connectivity index (χ4n) is 1.25. The van der Waals surface area contributed by atoms with Crippen molar-refractivity contribution in [1.29, 1.82) is 0 Å². The Kier molecular flexibility index (Phi) is 6.02. The highest BCUT2D eigenvalue weighted by Gasteiger charge is 2.01. The van der Waals surface area contributed by atoms with E-state index in [0.29, 0.717) is 12.2 Å². The summed E-state index contributed by atoms with van der Waals surface area (Å²) >= 11 is 0. The highest BCUT2D eigenvalue weighted by Crippen LogP contribution is 1.81. The van der Waals surface area contributed by atoms with Crippen molar-refractivity contribution in [3.8, 4) is 0 Å². The predicted molar refractivity (Wildman–Crippen MR) is 55.8 cm³/mol. The summed E-state index contributed by atoms with van der Waals surface area (Å²) in [5, 5.41) is 12.4. The third-order valence-electron chi connectivity index (χ3n) is 2.02. The second-order valence-corrected chi connectivity index (χ2v) is 3.18. The normalized spacial score (nSPS) is 21.3. The monoisotopic (exact) mass is 198 g/mol. The van der Waals surface area contributed by atoms with Crippen LogP contribution in [0, 0.1) is 0 Å². The Morgan fingerprint density at radius 3 is 1.71 bits per heavy atom. The minimum atomic E-state index is 0.635. The van der Waals surface area contributed by atoms with Crippen LogP contribution in [0.25, 0.3) is 0 Å². The Hall–Kier alpha value is -0.870. The maximum absolute atomic E-state index is 9.90. The van der Waals surface area contributed by atoms with E-state index in [1.165, 1.54) is 0 Å². The fourth-order valence-corrected chi connectivity index (χ4v) is 1.25. The van der Waals surface area contributed by atoms with Gasteiger partial charge < -0.3 is 21.3 Å². The Bertz CT molecular complexity index is 177. The minimum absolute atomic E-state index is 0.635. The first-order chi connectivity index (χ1) is 6.93. The Morgan fingerprint density at radius 2 is 1.43 bits per heavy atom. The lowest BCUT2D eigenvalue weighted by molar-refractivity contribution is 0.534. The SMILES string of the molecule is C1CNCCN1.O=C=C1CNCCN1. The molecule has 4 N–H and O–H groups in total. The van der Waals surface area contributed by atoms with Gasteiger partial charge in [0.2, 0.25) is 0 Å². The standard InChI is InChI=1S/C5H8N2O.C4H10N2/c8-4-5-3-6-1-2-7-5;1-2-6-4-3-5-1/h6-7H,1-3H2;5-6H,1-4H2. The van der Waals surface area contributed by atoms with Gasteiger partial charge in [-0.2, -0.15) is 0 Å². The van der Waals surface area contributed by atoms with Gasteiger partial charge in [0, 0.05) is 45.8 Å². The van der Waals surface area contributed by atoms with Crippen molar-refractivity contribution < 1.29 is 4.79 Å². The van der Waals surface area contributed by atoms with Crippen LogP contribution >= 0.6 is 0 Å². The highest BCUT2D eigenvalue weighted by atomic mass is 16.1. The van der Waals surface area contributed by atoms with Gasteiger partial charge in [-0.1, -0.05) is 0 Å². The van der Waals surface area contributed by atoms with E-state index in [0.717, 1.165) is 39.3 Å². The van der Waals surface area contributed by atoms with E-state index in [2.05, 4.69) is 21.3 Å². The minimum Gasteiger partial charge on any atom is -0.377 e. The summed E-state index contributed by atoms with van der Waals surface area (Å²) in [6.45, 7) is 6.97. The van der Waals surface area contributed by atoms with Crippen LogP contribution in [0.4, 0.5) is 0 Å². The van der Waals surface area contributed by atoms with Crippen molar-refractivity contribution in [2.24, 2.45) is 0 Å². The first-order valence-corrected chi connectivity index (χ1v) is 5.03. The Morgan fingerprint density at radius 1 is 0.857 bits per heavy atom. The first-order valence-electron chi connectivity index (χ1n) is 5.03. The molecule has 2 fully saturated rings. The number of nitrogens with one attached hydrogen (secondary N) is 4. The molecule has 5 heteroatoms. The van der Waals surface area contributed by atoms with Gasteiger partial charge >= 0.3 is 0 Å². The van der Waals surface area contributed by atoms with Crippen LogP contribution in [0.15, 0.2) is 5.70 Å². The van der Waals surface area contributed by atoms with Gasteiger partial charge in [0.25, 0.3) is 0 Å². The van der Waals surface area contributed by atoms with Crippen LogP contribution in [-0.4, -0.2) is 51.8 Å². The maximum atomic E-state index is 9.90. The van der Waals surface area contributed by atoms with E-state index >= 15 is 0 Å². The van der Waals surface area contributed by atoms with Gasteiger partial charge in [-0.3, -0.25) is 0 Å². The van der Waals surface area contributed by atoms with Crippen LogP contribution in [0.1, 0.15) is 0 Å². The van der Waals surface area contributed by atoms with Gasteiger partial charge in [-0.25, -0.2) is 4.79 Å². The lowest BCUT2D eigenvalue weighted by atomic mass is 10.4. The molecule has 0 aromatic carbocycles. The summed E-state index contributed by atoms with van der Waals surface area (Å²) in [5.74, 6) is 1.80. The molecule has 14 heavy (non-hydrogen) atoms. The molecule has 2 aliphatic rings. The van der Waals surface area contributed by atoms with Crippen LogP contribution in [0.2, 0.25) is 0 Å². The second kappa shape index (κ2) is 7.53. The molecule has 0 aliphatic carbocycles. The molecule has 2 heterocycles.